The number of likely N-dealkylation sites (N-methyl/N-ethyl adjacent to an activating group) is 1. The van der Waals surface area contributed by atoms with Crippen molar-refractivity contribution in [2.24, 2.45) is 0 Å². The second kappa shape index (κ2) is 7.37. The highest BCUT2D eigenvalue weighted by atomic mass is 16.4. The van der Waals surface area contributed by atoms with Gasteiger partial charge < -0.3 is 9.73 Å². The van der Waals surface area contributed by atoms with E-state index in [0.29, 0.717) is 11.8 Å². The number of hydrogen-bond donors (Lipinski definition) is 1. The van der Waals surface area contributed by atoms with Crippen LogP contribution in [-0.2, 0) is 4.79 Å². The number of nitrogens with one attached hydrogen (secondary N) is 1. The fourth-order valence-corrected chi connectivity index (χ4v) is 2.22. The van der Waals surface area contributed by atoms with Gasteiger partial charge in [-0.05, 0) is 46.9 Å². The van der Waals surface area contributed by atoms with Gasteiger partial charge in [0.1, 0.15) is 0 Å². The van der Waals surface area contributed by atoms with Crippen molar-refractivity contribution in [3.63, 3.8) is 0 Å². The molecule has 0 unspecified atom stereocenters. The lowest BCUT2D eigenvalue weighted by Crippen LogP contribution is -2.39. The van der Waals surface area contributed by atoms with Gasteiger partial charge in [-0.3, -0.25) is 9.69 Å². The van der Waals surface area contributed by atoms with E-state index in [9.17, 15) is 4.79 Å². The molecule has 0 aliphatic carbocycles. The zero-order valence-corrected chi connectivity index (χ0v) is 14.3. The van der Waals surface area contributed by atoms with Crippen LogP contribution in [0.2, 0.25) is 0 Å². The van der Waals surface area contributed by atoms with Gasteiger partial charge in [-0.1, -0.05) is 17.7 Å². The van der Waals surface area contributed by atoms with Crippen LogP contribution in [0.3, 0.4) is 0 Å². The van der Waals surface area contributed by atoms with Crippen LogP contribution in [0.25, 0.3) is 11.5 Å². The number of hydrogen-bond acceptors (Lipinski definition) is 5. The highest BCUT2D eigenvalue weighted by molar-refractivity contribution is 5.78. The molecule has 0 radical (unpaired) electrons. The third kappa shape index (κ3) is 4.63. The van der Waals surface area contributed by atoms with Crippen molar-refractivity contribution >= 4 is 5.91 Å². The molecule has 2 rings (SSSR count). The smallest absolute Gasteiger partial charge is 0.247 e. The monoisotopic (exact) mass is 316 g/mol. The summed E-state index contributed by atoms with van der Waals surface area (Å²) >= 11 is 0. The van der Waals surface area contributed by atoms with E-state index in [1.54, 1.807) is 0 Å². The number of carbonyl (C=O) groups excluding carboxylic acids is 1. The first-order chi connectivity index (χ1) is 10.9. The molecular weight excluding hydrogens is 292 g/mol. The van der Waals surface area contributed by atoms with Crippen molar-refractivity contribution in [1.29, 1.82) is 0 Å². The largest absolute Gasteiger partial charge is 0.419 e. The van der Waals surface area contributed by atoms with E-state index in [1.807, 2.05) is 63.9 Å². The molecule has 0 saturated carbocycles. The van der Waals surface area contributed by atoms with Crippen LogP contribution in [0.1, 0.15) is 38.3 Å². The first-order valence-electron chi connectivity index (χ1n) is 7.77. The molecule has 0 aliphatic rings. The van der Waals surface area contributed by atoms with Gasteiger partial charge in [-0.25, -0.2) is 0 Å². The Bertz CT molecular complexity index is 666. The summed E-state index contributed by atoms with van der Waals surface area (Å²) < 4.78 is 5.77. The molecule has 0 spiro atoms. The van der Waals surface area contributed by atoms with Crippen LogP contribution in [0.5, 0.6) is 0 Å². The fraction of sp³-hybridized carbons (Fsp3) is 0.471. The van der Waals surface area contributed by atoms with Crippen molar-refractivity contribution < 1.29 is 9.21 Å². The van der Waals surface area contributed by atoms with Crippen molar-refractivity contribution in [3.05, 3.63) is 35.7 Å². The molecule has 1 aromatic carbocycles. The van der Waals surface area contributed by atoms with Gasteiger partial charge in [0.05, 0.1) is 12.6 Å². The maximum absolute atomic E-state index is 11.8. The van der Waals surface area contributed by atoms with Crippen LogP contribution < -0.4 is 5.32 Å². The Labute approximate surface area is 136 Å². The standard InChI is InChI=1S/C17H24N4O2/c1-11(2)18-15(22)10-21(5)13(4)16-19-20-17(23-16)14-8-6-7-12(3)9-14/h6-9,11,13H,10H2,1-5H3,(H,18,22)/t13-/m0/s1. The molecule has 23 heavy (non-hydrogen) atoms. The lowest BCUT2D eigenvalue weighted by molar-refractivity contribution is -0.122. The Hall–Kier alpha value is -2.21. The molecule has 1 heterocycles. The number of rotatable bonds is 6. The van der Waals surface area contributed by atoms with Gasteiger partial charge in [0.2, 0.25) is 17.7 Å². The molecule has 1 atom stereocenters. The molecule has 1 N–H and O–H groups in total. The van der Waals surface area contributed by atoms with Gasteiger partial charge in [0, 0.05) is 11.6 Å². The van der Waals surface area contributed by atoms with E-state index in [4.69, 9.17) is 4.42 Å². The van der Waals surface area contributed by atoms with Crippen molar-refractivity contribution in [2.75, 3.05) is 13.6 Å². The molecule has 1 aromatic heterocycles. The normalized spacial score (nSPS) is 12.7. The van der Waals surface area contributed by atoms with Crippen LogP contribution in [-0.4, -0.2) is 40.6 Å². The average Bonchev–Trinajstić information content (AvgIpc) is 2.95. The second-order valence-corrected chi connectivity index (χ2v) is 6.13. The maximum atomic E-state index is 11.8. The van der Waals surface area contributed by atoms with E-state index in [1.165, 1.54) is 0 Å². The third-order valence-electron chi connectivity index (χ3n) is 3.57. The van der Waals surface area contributed by atoms with Gasteiger partial charge in [0.25, 0.3) is 0 Å². The predicted molar refractivity (Wildman–Crippen MR) is 88.8 cm³/mol. The summed E-state index contributed by atoms with van der Waals surface area (Å²) in [5.41, 5.74) is 2.04. The van der Waals surface area contributed by atoms with E-state index in [0.717, 1.165) is 11.1 Å². The number of amides is 1. The van der Waals surface area contributed by atoms with Crippen molar-refractivity contribution in [1.82, 2.24) is 20.4 Å². The predicted octanol–water partition coefficient (Wildman–Crippen LogP) is 2.56. The third-order valence-corrected chi connectivity index (χ3v) is 3.57. The van der Waals surface area contributed by atoms with E-state index in [-0.39, 0.29) is 24.5 Å². The number of aryl methyl sites for hydroxylation is 1. The topological polar surface area (TPSA) is 71.3 Å². The molecular formula is C17H24N4O2. The maximum Gasteiger partial charge on any atom is 0.247 e. The summed E-state index contributed by atoms with van der Waals surface area (Å²) in [6, 6.07) is 7.91. The van der Waals surface area contributed by atoms with E-state index in [2.05, 4.69) is 15.5 Å². The molecule has 6 nitrogen and oxygen atoms in total. The lowest BCUT2D eigenvalue weighted by atomic mass is 10.1. The number of nitrogens with zero attached hydrogens (tertiary/aromatic N) is 3. The van der Waals surface area contributed by atoms with E-state index < -0.39 is 0 Å². The van der Waals surface area contributed by atoms with Gasteiger partial charge >= 0.3 is 0 Å². The Morgan fingerprint density at radius 3 is 2.70 bits per heavy atom. The molecule has 0 aliphatic heterocycles. The summed E-state index contributed by atoms with van der Waals surface area (Å²) in [4.78, 5) is 13.7. The first-order valence-corrected chi connectivity index (χ1v) is 7.77. The summed E-state index contributed by atoms with van der Waals surface area (Å²) in [5.74, 6) is 0.977. The summed E-state index contributed by atoms with van der Waals surface area (Å²) in [6.45, 7) is 8.11. The fourth-order valence-electron chi connectivity index (χ4n) is 2.22. The highest BCUT2D eigenvalue weighted by Crippen LogP contribution is 2.23. The van der Waals surface area contributed by atoms with Crippen molar-refractivity contribution in [3.8, 4) is 11.5 Å². The Kier molecular flexibility index (Phi) is 5.50. The average molecular weight is 316 g/mol. The summed E-state index contributed by atoms with van der Waals surface area (Å²) in [5, 5.41) is 11.1. The Morgan fingerprint density at radius 1 is 1.30 bits per heavy atom. The molecule has 6 heteroatoms. The molecule has 0 bridgehead atoms. The molecule has 124 valence electrons. The minimum absolute atomic E-state index is 0.0206. The van der Waals surface area contributed by atoms with Gasteiger partial charge in [-0.15, -0.1) is 10.2 Å². The number of benzene rings is 1. The molecule has 1 amide bonds. The zero-order chi connectivity index (χ0) is 17.0. The van der Waals surface area contributed by atoms with Gasteiger partial charge in [0.15, 0.2) is 0 Å². The van der Waals surface area contributed by atoms with Crippen LogP contribution in [0.15, 0.2) is 28.7 Å². The minimum atomic E-state index is -0.140. The van der Waals surface area contributed by atoms with Crippen LogP contribution >= 0.6 is 0 Å². The number of carbonyl (C=O) groups is 1. The number of aromatic nitrogens is 2. The second-order valence-electron chi connectivity index (χ2n) is 6.13. The summed E-state index contributed by atoms with van der Waals surface area (Å²) in [7, 11) is 1.86. The quantitative estimate of drug-likeness (QED) is 0.887. The van der Waals surface area contributed by atoms with Crippen molar-refractivity contribution in [2.45, 2.75) is 39.8 Å². The highest BCUT2D eigenvalue weighted by Gasteiger charge is 2.21. The van der Waals surface area contributed by atoms with Crippen LogP contribution in [0.4, 0.5) is 0 Å². The van der Waals surface area contributed by atoms with Gasteiger partial charge in [-0.2, -0.15) is 0 Å². The lowest BCUT2D eigenvalue weighted by Gasteiger charge is -2.21. The molecule has 0 fully saturated rings. The first kappa shape index (κ1) is 17.1. The Balaban J connectivity index is 2.06. The van der Waals surface area contributed by atoms with E-state index >= 15 is 0 Å². The SMILES string of the molecule is Cc1cccc(-c2nnc([C@H](C)N(C)CC(=O)NC(C)C)o2)c1. The minimum Gasteiger partial charge on any atom is -0.419 e. The van der Waals surface area contributed by atoms with Crippen LogP contribution in [0, 0.1) is 6.92 Å². The Morgan fingerprint density at radius 2 is 2.04 bits per heavy atom. The molecule has 2 aromatic rings. The summed E-state index contributed by atoms with van der Waals surface area (Å²) in [6.07, 6.45) is 0. The zero-order valence-electron chi connectivity index (χ0n) is 14.3. The molecule has 0 saturated heterocycles.